The van der Waals surface area contributed by atoms with Crippen LogP contribution < -0.4 is 5.73 Å². The summed E-state index contributed by atoms with van der Waals surface area (Å²) in [5.41, 5.74) is 5.03. The molecule has 0 spiro atoms. The maximum Gasteiger partial charge on any atom is 0.263 e. The lowest BCUT2D eigenvalue weighted by Crippen LogP contribution is -2.42. The van der Waals surface area contributed by atoms with Crippen LogP contribution in [-0.2, 0) is 4.79 Å². The average molecular weight is 342 g/mol. The fraction of sp³-hybridized carbons (Fsp3) is 0.625. The summed E-state index contributed by atoms with van der Waals surface area (Å²) >= 11 is 1.34. The second kappa shape index (κ2) is 5.54. The molecular weight excluding hydrogens is 322 g/mol. The predicted molar refractivity (Wildman–Crippen MR) is 83.7 cm³/mol. The number of carbonyl (C=O) groups is 2. The maximum absolute atomic E-state index is 13.2. The first-order valence-corrected chi connectivity index (χ1v) is 8.64. The van der Waals surface area contributed by atoms with Crippen LogP contribution in [0.3, 0.4) is 0 Å². The number of halogens is 2. The Kier molecular flexibility index (Phi) is 3.94. The van der Waals surface area contributed by atoms with E-state index in [2.05, 4.69) is 0 Å². The summed E-state index contributed by atoms with van der Waals surface area (Å²) in [7, 11) is 0. The molecule has 1 aromatic heterocycles. The maximum atomic E-state index is 13.2. The molecule has 2 aliphatic rings. The van der Waals surface area contributed by atoms with E-state index in [1.54, 1.807) is 6.07 Å². The van der Waals surface area contributed by atoms with Gasteiger partial charge in [-0.15, -0.1) is 11.3 Å². The zero-order chi connectivity index (χ0) is 16.8. The van der Waals surface area contributed by atoms with Crippen molar-refractivity contribution in [2.45, 2.75) is 44.4 Å². The van der Waals surface area contributed by atoms with E-state index in [0.717, 1.165) is 17.7 Å². The SMILES string of the molecule is C[C@@H](c1ccc(C(=O)N2CCC(F)(F)CC2)s1)C1(C(N)=O)CC1. The normalized spacial score (nSPS) is 23.3. The summed E-state index contributed by atoms with van der Waals surface area (Å²) < 4.78 is 26.4. The number of nitrogens with zero attached hydrogens (tertiary/aromatic N) is 1. The molecule has 1 aliphatic heterocycles. The highest BCUT2D eigenvalue weighted by molar-refractivity contribution is 7.14. The molecule has 7 heteroatoms. The van der Waals surface area contributed by atoms with Gasteiger partial charge < -0.3 is 10.6 Å². The molecule has 1 saturated heterocycles. The summed E-state index contributed by atoms with van der Waals surface area (Å²) in [5, 5.41) is 0. The van der Waals surface area contributed by atoms with Crippen LogP contribution in [0.2, 0.25) is 0 Å². The molecule has 1 aromatic rings. The molecule has 2 heterocycles. The lowest BCUT2D eigenvalue weighted by Gasteiger charge is -2.31. The molecule has 23 heavy (non-hydrogen) atoms. The minimum Gasteiger partial charge on any atom is -0.369 e. The van der Waals surface area contributed by atoms with E-state index in [9.17, 15) is 18.4 Å². The van der Waals surface area contributed by atoms with Crippen LogP contribution in [0.25, 0.3) is 0 Å². The molecule has 126 valence electrons. The Morgan fingerprint density at radius 2 is 1.83 bits per heavy atom. The molecule has 4 nitrogen and oxygen atoms in total. The predicted octanol–water partition coefficient (Wildman–Crippen LogP) is 2.99. The molecule has 0 unspecified atom stereocenters. The van der Waals surface area contributed by atoms with Gasteiger partial charge in [-0.05, 0) is 25.0 Å². The highest BCUT2D eigenvalue weighted by Crippen LogP contribution is 2.56. The molecule has 0 aromatic carbocycles. The van der Waals surface area contributed by atoms with E-state index >= 15 is 0 Å². The van der Waals surface area contributed by atoms with Crippen molar-refractivity contribution in [2.75, 3.05) is 13.1 Å². The summed E-state index contributed by atoms with van der Waals surface area (Å²) in [6.07, 6.45) is 1.01. The number of piperidine rings is 1. The number of primary amides is 1. The minimum atomic E-state index is -2.66. The van der Waals surface area contributed by atoms with E-state index in [-0.39, 0.29) is 43.7 Å². The third-order valence-corrected chi connectivity index (χ3v) is 6.41. The molecular formula is C16H20F2N2O2S. The molecule has 3 rings (SSSR count). The van der Waals surface area contributed by atoms with Gasteiger partial charge in [0.2, 0.25) is 5.91 Å². The van der Waals surface area contributed by atoms with Gasteiger partial charge in [0.05, 0.1) is 10.3 Å². The fourth-order valence-corrected chi connectivity index (χ4v) is 4.34. The first-order chi connectivity index (χ1) is 10.8. The zero-order valence-corrected chi connectivity index (χ0v) is 13.8. The van der Waals surface area contributed by atoms with E-state index in [1.807, 2.05) is 13.0 Å². The molecule has 2 fully saturated rings. The Morgan fingerprint density at radius 1 is 1.22 bits per heavy atom. The number of hydrogen-bond donors (Lipinski definition) is 1. The van der Waals surface area contributed by atoms with Gasteiger partial charge in [-0.2, -0.15) is 0 Å². The molecule has 0 bridgehead atoms. The Balaban J connectivity index is 1.70. The van der Waals surface area contributed by atoms with Gasteiger partial charge >= 0.3 is 0 Å². The number of hydrogen-bond acceptors (Lipinski definition) is 3. The first kappa shape index (κ1) is 16.4. The van der Waals surface area contributed by atoms with Crippen LogP contribution in [0, 0.1) is 5.41 Å². The minimum absolute atomic E-state index is 0.0164. The molecule has 0 radical (unpaired) electrons. The highest BCUT2D eigenvalue weighted by Gasteiger charge is 2.53. The molecule has 1 saturated carbocycles. The van der Waals surface area contributed by atoms with Gasteiger partial charge in [0, 0.05) is 36.7 Å². The molecule has 1 atom stereocenters. The van der Waals surface area contributed by atoms with Crippen LogP contribution in [0.5, 0.6) is 0 Å². The van der Waals surface area contributed by atoms with Crippen molar-refractivity contribution in [1.29, 1.82) is 0 Å². The summed E-state index contributed by atoms with van der Waals surface area (Å²) in [6, 6.07) is 3.58. The molecule has 2 N–H and O–H groups in total. The third-order valence-electron chi connectivity index (χ3n) is 5.15. The third kappa shape index (κ3) is 2.98. The largest absolute Gasteiger partial charge is 0.369 e. The number of carbonyl (C=O) groups excluding carboxylic acids is 2. The van der Waals surface area contributed by atoms with Crippen molar-refractivity contribution in [3.05, 3.63) is 21.9 Å². The first-order valence-electron chi connectivity index (χ1n) is 7.82. The highest BCUT2D eigenvalue weighted by atomic mass is 32.1. The monoisotopic (exact) mass is 342 g/mol. The lowest BCUT2D eigenvalue weighted by atomic mass is 9.89. The van der Waals surface area contributed by atoms with Crippen molar-refractivity contribution < 1.29 is 18.4 Å². The number of alkyl halides is 2. The van der Waals surface area contributed by atoms with Crippen molar-refractivity contribution >= 4 is 23.2 Å². The molecule has 1 aliphatic carbocycles. The number of nitrogens with two attached hydrogens (primary N) is 1. The van der Waals surface area contributed by atoms with Gasteiger partial charge in [0.1, 0.15) is 0 Å². The Morgan fingerprint density at radius 3 is 2.35 bits per heavy atom. The van der Waals surface area contributed by atoms with Crippen molar-refractivity contribution in [1.82, 2.24) is 4.90 Å². The van der Waals surface area contributed by atoms with Crippen LogP contribution in [-0.4, -0.2) is 35.7 Å². The van der Waals surface area contributed by atoms with Crippen LogP contribution in [0.4, 0.5) is 8.78 Å². The van der Waals surface area contributed by atoms with Gasteiger partial charge in [-0.1, -0.05) is 6.92 Å². The number of likely N-dealkylation sites (tertiary alicyclic amines) is 1. The fourth-order valence-electron chi connectivity index (χ4n) is 3.19. The van der Waals surface area contributed by atoms with Crippen LogP contribution in [0.15, 0.2) is 12.1 Å². The quantitative estimate of drug-likeness (QED) is 0.914. The van der Waals surface area contributed by atoms with Crippen LogP contribution in [0.1, 0.15) is 53.1 Å². The topological polar surface area (TPSA) is 63.4 Å². The van der Waals surface area contributed by atoms with Crippen LogP contribution >= 0.6 is 11.3 Å². The van der Waals surface area contributed by atoms with E-state index in [4.69, 9.17) is 5.73 Å². The van der Waals surface area contributed by atoms with Gasteiger partial charge in [-0.3, -0.25) is 9.59 Å². The Labute approximate surface area is 137 Å². The number of rotatable bonds is 4. The molecule has 2 amide bonds. The number of amides is 2. The smallest absolute Gasteiger partial charge is 0.263 e. The van der Waals surface area contributed by atoms with Gasteiger partial charge in [0.25, 0.3) is 11.8 Å². The van der Waals surface area contributed by atoms with Gasteiger partial charge in [0.15, 0.2) is 0 Å². The Bertz CT molecular complexity index is 630. The summed E-state index contributed by atoms with van der Waals surface area (Å²) in [4.78, 5) is 27.0. The average Bonchev–Trinajstić information content (AvgIpc) is 3.17. The van der Waals surface area contributed by atoms with E-state index in [0.29, 0.717) is 4.88 Å². The van der Waals surface area contributed by atoms with Gasteiger partial charge in [-0.25, -0.2) is 8.78 Å². The van der Waals surface area contributed by atoms with E-state index in [1.165, 1.54) is 16.2 Å². The summed E-state index contributed by atoms with van der Waals surface area (Å²) in [5.74, 6) is -3.17. The zero-order valence-electron chi connectivity index (χ0n) is 13.0. The second-order valence-electron chi connectivity index (χ2n) is 6.59. The second-order valence-corrected chi connectivity index (χ2v) is 7.71. The van der Waals surface area contributed by atoms with E-state index < -0.39 is 11.3 Å². The lowest BCUT2D eigenvalue weighted by molar-refractivity contribution is -0.123. The standard InChI is InChI=1S/C16H20F2N2O2S/c1-10(15(4-5-15)14(19)22)11-2-3-12(23-11)13(21)20-8-6-16(17,18)7-9-20/h2-3,10H,4-9H2,1H3,(H2,19,22)/t10-/m0/s1. The van der Waals surface area contributed by atoms with Crippen molar-refractivity contribution in [3.8, 4) is 0 Å². The Hall–Kier alpha value is -1.50. The summed E-state index contributed by atoms with van der Waals surface area (Å²) in [6.45, 7) is 2.12. The van der Waals surface area contributed by atoms with Crippen molar-refractivity contribution in [2.24, 2.45) is 11.1 Å². The van der Waals surface area contributed by atoms with Crippen molar-refractivity contribution in [3.63, 3.8) is 0 Å². The number of thiophene rings is 1.